The maximum absolute atomic E-state index is 13.4. The van der Waals surface area contributed by atoms with Gasteiger partial charge >= 0.3 is 6.18 Å². The van der Waals surface area contributed by atoms with Gasteiger partial charge in [-0.15, -0.1) is 0 Å². The smallest absolute Gasteiger partial charge is 0.368 e. The van der Waals surface area contributed by atoms with E-state index in [-0.39, 0.29) is 11.6 Å². The Bertz CT molecular complexity index is 825. The zero-order valence-corrected chi connectivity index (χ0v) is 12.7. The number of nitrogens with zero attached hydrogens (tertiary/aromatic N) is 4. The lowest BCUT2D eigenvalue weighted by Crippen LogP contribution is -2.18. The Labute approximate surface area is 136 Å². The van der Waals surface area contributed by atoms with E-state index in [4.69, 9.17) is 5.73 Å². The zero-order chi connectivity index (χ0) is 17.3. The van der Waals surface area contributed by atoms with Crippen LogP contribution in [0.25, 0.3) is 11.3 Å². The van der Waals surface area contributed by atoms with E-state index in [0.717, 1.165) is 16.3 Å². The van der Waals surface area contributed by atoms with Crippen LogP contribution >= 0.6 is 0 Å². The zero-order valence-electron chi connectivity index (χ0n) is 12.7. The second-order valence-electron chi connectivity index (χ2n) is 5.27. The summed E-state index contributed by atoms with van der Waals surface area (Å²) < 4.78 is 41.2. The van der Waals surface area contributed by atoms with Crippen molar-refractivity contribution in [1.29, 1.82) is 0 Å². The van der Waals surface area contributed by atoms with Crippen LogP contribution in [-0.2, 0) is 6.18 Å². The van der Waals surface area contributed by atoms with Crippen molar-refractivity contribution in [2.24, 2.45) is 0 Å². The highest BCUT2D eigenvalue weighted by atomic mass is 19.4. The average Bonchev–Trinajstić information content (AvgIpc) is 3.01. The van der Waals surface area contributed by atoms with Crippen LogP contribution in [0.5, 0.6) is 0 Å². The molecule has 24 heavy (non-hydrogen) atoms. The number of alkyl halides is 3. The van der Waals surface area contributed by atoms with Crippen molar-refractivity contribution >= 4 is 5.95 Å². The van der Waals surface area contributed by atoms with Gasteiger partial charge < -0.3 is 5.73 Å². The molecule has 0 amide bonds. The van der Waals surface area contributed by atoms with E-state index < -0.39 is 17.9 Å². The quantitative estimate of drug-likeness (QED) is 0.796. The van der Waals surface area contributed by atoms with E-state index >= 15 is 0 Å². The average molecular weight is 333 g/mol. The van der Waals surface area contributed by atoms with Crippen molar-refractivity contribution in [1.82, 2.24) is 19.7 Å². The first-order valence-corrected chi connectivity index (χ1v) is 7.16. The minimum absolute atomic E-state index is 0.0480. The third-order valence-corrected chi connectivity index (χ3v) is 3.64. The topological polar surface area (TPSA) is 69.6 Å². The summed E-state index contributed by atoms with van der Waals surface area (Å²) in [5, 5.41) is 4.13. The van der Waals surface area contributed by atoms with Gasteiger partial charge in [0.2, 0.25) is 5.95 Å². The molecule has 1 atom stereocenters. The standard InChI is InChI=1S/C16H14F3N5/c1-10(11-5-3-2-4-6-11)24-14(16(17,18)19)7-13(23-24)12-8-21-15(20)22-9-12/h2-10H,1H3,(H2,20,21,22). The van der Waals surface area contributed by atoms with Crippen LogP contribution in [0.4, 0.5) is 19.1 Å². The molecule has 3 aromatic rings. The van der Waals surface area contributed by atoms with E-state index in [2.05, 4.69) is 15.1 Å². The Morgan fingerprint density at radius 3 is 2.29 bits per heavy atom. The molecule has 2 N–H and O–H groups in total. The van der Waals surface area contributed by atoms with E-state index in [9.17, 15) is 13.2 Å². The highest BCUT2D eigenvalue weighted by Gasteiger charge is 2.37. The Kier molecular flexibility index (Phi) is 3.96. The largest absolute Gasteiger partial charge is 0.433 e. The molecule has 0 fully saturated rings. The summed E-state index contributed by atoms with van der Waals surface area (Å²) in [6.45, 7) is 1.67. The number of rotatable bonds is 3. The number of aromatic nitrogens is 4. The van der Waals surface area contributed by atoms with Crippen molar-refractivity contribution in [3.63, 3.8) is 0 Å². The van der Waals surface area contributed by atoms with E-state index in [1.807, 2.05) is 0 Å². The fourth-order valence-corrected chi connectivity index (χ4v) is 2.39. The van der Waals surface area contributed by atoms with Crippen molar-refractivity contribution < 1.29 is 13.2 Å². The number of nitrogens with two attached hydrogens (primary N) is 1. The van der Waals surface area contributed by atoms with Gasteiger partial charge in [0.05, 0.1) is 11.7 Å². The highest BCUT2D eigenvalue weighted by molar-refractivity contribution is 5.58. The third kappa shape index (κ3) is 3.08. The minimum atomic E-state index is -4.52. The molecule has 0 saturated carbocycles. The molecule has 8 heteroatoms. The highest BCUT2D eigenvalue weighted by Crippen LogP contribution is 2.35. The lowest BCUT2D eigenvalue weighted by molar-refractivity contribution is -0.144. The van der Waals surface area contributed by atoms with Crippen molar-refractivity contribution in [3.8, 4) is 11.3 Å². The Morgan fingerprint density at radius 1 is 1.08 bits per heavy atom. The molecule has 0 aliphatic rings. The molecule has 3 rings (SSSR count). The summed E-state index contributed by atoms with van der Waals surface area (Å²) in [5.74, 6) is 0.0480. The third-order valence-electron chi connectivity index (χ3n) is 3.64. The van der Waals surface area contributed by atoms with Crippen LogP contribution in [0.15, 0.2) is 48.8 Å². The molecule has 0 bridgehead atoms. The molecule has 2 aromatic heterocycles. The molecule has 0 saturated heterocycles. The number of hydrogen-bond acceptors (Lipinski definition) is 4. The first kappa shape index (κ1) is 16.0. The van der Waals surface area contributed by atoms with Gasteiger partial charge in [0.25, 0.3) is 0 Å². The van der Waals surface area contributed by atoms with Gasteiger partial charge in [-0.1, -0.05) is 30.3 Å². The number of hydrogen-bond donors (Lipinski definition) is 1. The predicted octanol–water partition coefficient (Wildman–Crippen LogP) is 3.55. The van der Waals surface area contributed by atoms with Crippen LogP contribution in [-0.4, -0.2) is 19.7 Å². The van der Waals surface area contributed by atoms with Crippen LogP contribution in [0.1, 0.15) is 24.2 Å². The molecular weight excluding hydrogens is 319 g/mol. The molecule has 0 aliphatic heterocycles. The summed E-state index contributed by atoms with van der Waals surface area (Å²) in [4.78, 5) is 7.59. The van der Waals surface area contributed by atoms with Gasteiger partial charge in [0.15, 0.2) is 0 Å². The number of benzene rings is 1. The van der Waals surface area contributed by atoms with Crippen molar-refractivity contribution in [3.05, 3.63) is 60.0 Å². The van der Waals surface area contributed by atoms with Gasteiger partial charge in [-0.2, -0.15) is 18.3 Å². The molecule has 0 spiro atoms. The number of nitrogen functional groups attached to an aromatic ring is 1. The second-order valence-corrected chi connectivity index (χ2v) is 5.27. The van der Waals surface area contributed by atoms with E-state index in [1.54, 1.807) is 37.3 Å². The summed E-state index contributed by atoms with van der Waals surface area (Å²) in [5.41, 5.74) is 5.82. The summed E-state index contributed by atoms with van der Waals surface area (Å²) in [6, 6.07) is 9.30. The first-order chi connectivity index (χ1) is 11.4. The Hall–Kier alpha value is -2.90. The number of anilines is 1. The fourth-order valence-electron chi connectivity index (χ4n) is 2.39. The molecular formula is C16H14F3N5. The maximum atomic E-state index is 13.4. The van der Waals surface area contributed by atoms with E-state index in [0.29, 0.717) is 5.56 Å². The molecule has 0 radical (unpaired) electrons. The molecule has 124 valence electrons. The Balaban J connectivity index is 2.09. The van der Waals surface area contributed by atoms with Crippen molar-refractivity contribution in [2.75, 3.05) is 5.73 Å². The minimum Gasteiger partial charge on any atom is -0.368 e. The number of halogens is 3. The van der Waals surface area contributed by atoms with Crippen LogP contribution in [0, 0.1) is 0 Å². The molecule has 2 heterocycles. The maximum Gasteiger partial charge on any atom is 0.433 e. The predicted molar refractivity (Wildman–Crippen MR) is 82.9 cm³/mol. The van der Waals surface area contributed by atoms with Crippen LogP contribution < -0.4 is 5.73 Å². The lowest BCUT2D eigenvalue weighted by Gasteiger charge is -2.17. The molecule has 0 aliphatic carbocycles. The second kappa shape index (κ2) is 5.95. The van der Waals surface area contributed by atoms with Gasteiger partial charge in [-0.25, -0.2) is 9.97 Å². The molecule has 1 aromatic carbocycles. The fraction of sp³-hybridized carbons (Fsp3) is 0.188. The van der Waals surface area contributed by atoms with Gasteiger partial charge in [-0.05, 0) is 18.6 Å². The van der Waals surface area contributed by atoms with Crippen LogP contribution in [0.3, 0.4) is 0 Å². The summed E-state index contributed by atoms with van der Waals surface area (Å²) in [7, 11) is 0. The van der Waals surface area contributed by atoms with Crippen LogP contribution in [0.2, 0.25) is 0 Å². The van der Waals surface area contributed by atoms with Gasteiger partial charge in [0, 0.05) is 18.0 Å². The van der Waals surface area contributed by atoms with Crippen molar-refractivity contribution in [2.45, 2.75) is 19.1 Å². The van der Waals surface area contributed by atoms with Gasteiger partial charge in [0.1, 0.15) is 5.69 Å². The monoisotopic (exact) mass is 333 g/mol. The normalized spacial score (nSPS) is 13.0. The molecule has 1 unspecified atom stereocenters. The SMILES string of the molecule is CC(c1ccccc1)n1nc(-c2cnc(N)nc2)cc1C(F)(F)F. The summed E-state index contributed by atoms with van der Waals surface area (Å²) >= 11 is 0. The first-order valence-electron chi connectivity index (χ1n) is 7.16. The lowest BCUT2D eigenvalue weighted by atomic mass is 10.1. The van der Waals surface area contributed by atoms with E-state index in [1.165, 1.54) is 12.4 Å². The Morgan fingerprint density at radius 2 is 1.71 bits per heavy atom. The molecule has 5 nitrogen and oxygen atoms in total. The van der Waals surface area contributed by atoms with Gasteiger partial charge in [-0.3, -0.25) is 4.68 Å². The summed E-state index contributed by atoms with van der Waals surface area (Å²) in [6.07, 6.45) is -1.83.